The van der Waals surface area contributed by atoms with Crippen molar-refractivity contribution in [2.45, 2.75) is 32.7 Å². The minimum atomic E-state index is 0.123. The fourth-order valence-electron chi connectivity index (χ4n) is 3.99. The van der Waals surface area contributed by atoms with Gasteiger partial charge >= 0.3 is 0 Å². The highest BCUT2D eigenvalue weighted by Crippen LogP contribution is 2.25. The Bertz CT molecular complexity index is 773. The molecule has 2 aromatic rings. The van der Waals surface area contributed by atoms with E-state index >= 15 is 0 Å². The van der Waals surface area contributed by atoms with E-state index in [4.69, 9.17) is 0 Å². The lowest BCUT2D eigenvalue weighted by Gasteiger charge is -2.32. The third-order valence-electron chi connectivity index (χ3n) is 5.41. The van der Waals surface area contributed by atoms with Crippen LogP contribution in [-0.4, -0.2) is 35.4 Å². The van der Waals surface area contributed by atoms with E-state index in [1.165, 1.54) is 17.5 Å². The molecule has 0 N–H and O–H groups in total. The summed E-state index contributed by atoms with van der Waals surface area (Å²) in [5, 5.41) is 0. The van der Waals surface area contributed by atoms with Gasteiger partial charge in [-0.1, -0.05) is 31.2 Å². The number of likely N-dealkylation sites (tertiary alicyclic amines) is 1. The van der Waals surface area contributed by atoms with Crippen LogP contribution < -0.4 is 4.90 Å². The van der Waals surface area contributed by atoms with Gasteiger partial charge in [0.15, 0.2) is 0 Å². The van der Waals surface area contributed by atoms with E-state index in [0.29, 0.717) is 11.5 Å². The van der Waals surface area contributed by atoms with Gasteiger partial charge < -0.3 is 9.80 Å². The van der Waals surface area contributed by atoms with Crippen molar-refractivity contribution in [3.05, 3.63) is 59.4 Å². The molecule has 1 atom stereocenters. The Kier molecular flexibility index (Phi) is 4.43. The molecule has 1 fully saturated rings. The zero-order chi connectivity index (χ0) is 17.2. The number of rotatable bonds is 2. The molecule has 130 valence electrons. The highest BCUT2D eigenvalue weighted by molar-refractivity contribution is 5.94. The molecule has 1 saturated heterocycles. The molecule has 3 heterocycles. The van der Waals surface area contributed by atoms with Gasteiger partial charge in [-0.3, -0.25) is 9.78 Å². The van der Waals surface area contributed by atoms with Crippen molar-refractivity contribution in [3.63, 3.8) is 0 Å². The zero-order valence-corrected chi connectivity index (χ0v) is 14.8. The molecule has 4 nitrogen and oxygen atoms in total. The smallest absolute Gasteiger partial charge is 0.255 e. The second kappa shape index (κ2) is 6.87. The van der Waals surface area contributed by atoms with Crippen LogP contribution in [0.4, 0.5) is 5.69 Å². The van der Waals surface area contributed by atoms with Gasteiger partial charge in [0.2, 0.25) is 0 Å². The first kappa shape index (κ1) is 16.1. The summed E-state index contributed by atoms with van der Waals surface area (Å²) in [6, 6.07) is 10.6. The molecule has 4 heteroatoms. The fraction of sp³-hybridized carbons (Fsp3) is 0.429. The van der Waals surface area contributed by atoms with Crippen molar-refractivity contribution in [1.29, 1.82) is 0 Å². The average Bonchev–Trinajstić information content (AvgIpc) is 2.67. The largest absolute Gasteiger partial charge is 0.366 e. The molecule has 0 radical (unpaired) electrons. The molecule has 0 spiro atoms. The lowest BCUT2D eigenvalue weighted by molar-refractivity contribution is 0.0682. The van der Waals surface area contributed by atoms with Gasteiger partial charge in [-0.15, -0.1) is 0 Å². The summed E-state index contributed by atoms with van der Waals surface area (Å²) >= 11 is 0. The third-order valence-corrected chi connectivity index (χ3v) is 5.41. The number of benzene rings is 1. The predicted octanol–water partition coefficient (Wildman–Crippen LogP) is 3.52. The summed E-state index contributed by atoms with van der Waals surface area (Å²) in [5.74, 6) is 0.714. The number of carbonyl (C=O) groups is 1. The minimum absolute atomic E-state index is 0.123. The molecule has 1 aromatic carbocycles. The Hall–Kier alpha value is -2.36. The quantitative estimate of drug-likeness (QED) is 0.842. The third kappa shape index (κ3) is 3.39. The van der Waals surface area contributed by atoms with Crippen molar-refractivity contribution < 1.29 is 4.79 Å². The number of amides is 1. The van der Waals surface area contributed by atoms with Crippen LogP contribution in [-0.2, 0) is 13.0 Å². The molecule has 2 aliphatic heterocycles. The average molecular weight is 335 g/mol. The molecule has 1 aromatic heterocycles. The van der Waals surface area contributed by atoms with Gasteiger partial charge in [0.1, 0.15) is 0 Å². The summed E-state index contributed by atoms with van der Waals surface area (Å²) in [6.45, 7) is 5.80. The summed E-state index contributed by atoms with van der Waals surface area (Å²) in [4.78, 5) is 21.5. The number of carbonyl (C=O) groups excluding carboxylic acids is 1. The Morgan fingerprint density at radius 1 is 1.16 bits per heavy atom. The van der Waals surface area contributed by atoms with Crippen LogP contribution in [0.3, 0.4) is 0 Å². The second-order valence-corrected chi connectivity index (χ2v) is 7.37. The van der Waals surface area contributed by atoms with Gasteiger partial charge in [-0.2, -0.15) is 0 Å². The number of hydrogen-bond donors (Lipinski definition) is 0. The summed E-state index contributed by atoms with van der Waals surface area (Å²) < 4.78 is 0. The fourth-order valence-corrected chi connectivity index (χ4v) is 3.99. The summed E-state index contributed by atoms with van der Waals surface area (Å²) in [6.07, 6.45) is 6.95. The van der Waals surface area contributed by atoms with Crippen molar-refractivity contribution in [2.24, 2.45) is 5.92 Å². The van der Waals surface area contributed by atoms with E-state index in [1.54, 1.807) is 6.20 Å². The first-order valence-corrected chi connectivity index (χ1v) is 9.27. The molecule has 0 bridgehead atoms. The van der Waals surface area contributed by atoms with Crippen LogP contribution in [0.5, 0.6) is 0 Å². The highest BCUT2D eigenvalue weighted by Gasteiger charge is 2.23. The topological polar surface area (TPSA) is 36.4 Å². The van der Waals surface area contributed by atoms with Crippen LogP contribution in [0, 0.1) is 5.92 Å². The van der Waals surface area contributed by atoms with Crippen LogP contribution in [0.15, 0.2) is 42.7 Å². The standard InChI is InChI=1S/C21H25N3O/c1-16-5-4-9-24(14-16)21(25)19-11-20(13-22-12-19)23-10-8-17-6-2-3-7-18(17)15-23/h2-3,6-7,11-13,16H,4-5,8-10,14-15H2,1H3. The Morgan fingerprint density at radius 3 is 2.84 bits per heavy atom. The van der Waals surface area contributed by atoms with Gasteiger partial charge in [0.05, 0.1) is 17.4 Å². The van der Waals surface area contributed by atoms with E-state index in [0.717, 1.165) is 44.7 Å². The Balaban J connectivity index is 1.53. The van der Waals surface area contributed by atoms with Crippen LogP contribution >= 0.6 is 0 Å². The van der Waals surface area contributed by atoms with E-state index in [-0.39, 0.29) is 5.91 Å². The number of hydrogen-bond acceptors (Lipinski definition) is 3. The number of pyridine rings is 1. The van der Waals surface area contributed by atoms with E-state index in [2.05, 4.69) is 41.1 Å². The summed E-state index contributed by atoms with van der Waals surface area (Å²) in [7, 11) is 0. The van der Waals surface area contributed by atoms with Gasteiger partial charge in [-0.25, -0.2) is 0 Å². The number of aromatic nitrogens is 1. The van der Waals surface area contributed by atoms with Crippen LogP contribution in [0.2, 0.25) is 0 Å². The maximum absolute atomic E-state index is 12.8. The highest BCUT2D eigenvalue weighted by atomic mass is 16.2. The molecular weight excluding hydrogens is 310 g/mol. The normalized spacial score (nSPS) is 20.3. The summed E-state index contributed by atoms with van der Waals surface area (Å²) in [5.41, 5.74) is 4.56. The van der Waals surface area contributed by atoms with Gasteiger partial charge in [0.25, 0.3) is 5.91 Å². The number of fused-ring (bicyclic) bond motifs is 1. The number of piperidine rings is 1. The molecule has 0 aliphatic carbocycles. The van der Waals surface area contributed by atoms with Crippen LogP contribution in [0.25, 0.3) is 0 Å². The Morgan fingerprint density at radius 2 is 2.00 bits per heavy atom. The maximum Gasteiger partial charge on any atom is 0.255 e. The predicted molar refractivity (Wildman–Crippen MR) is 99.7 cm³/mol. The Labute approximate surface area is 149 Å². The minimum Gasteiger partial charge on any atom is -0.366 e. The first-order valence-electron chi connectivity index (χ1n) is 9.27. The van der Waals surface area contributed by atoms with Crippen LogP contribution in [0.1, 0.15) is 41.3 Å². The lowest BCUT2D eigenvalue weighted by Crippen LogP contribution is -2.39. The van der Waals surface area contributed by atoms with Gasteiger partial charge in [0, 0.05) is 32.4 Å². The molecule has 25 heavy (non-hydrogen) atoms. The van der Waals surface area contributed by atoms with Crippen molar-refractivity contribution in [2.75, 3.05) is 24.5 Å². The second-order valence-electron chi connectivity index (χ2n) is 7.37. The maximum atomic E-state index is 12.8. The molecular formula is C21H25N3O. The lowest BCUT2D eigenvalue weighted by atomic mass is 9.99. The SMILES string of the molecule is CC1CCCN(C(=O)c2cncc(N3CCc4ccccc4C3)c2)C1. The molecule has 1 amide bonds. The van der Waals surface area contributed by atoms with Gasteiger partial charge in [-0.05, 0) is 42.4 Å². The number of anilines is 1. The molecule has 4 rings (SSSR count). The molecule has 0 saturated carbocycles. The number of nitrogens with zero attached hydrogens (tertiary/aromatic N) is 3. The van der Waals surface area contributed by atoms with Crippen molar-refractivity contribution >= 4 is 11.6 Å². The molecule has 1 unspecified atom stereocenters. The van der Waals surface area contributed by atoms with Crippen molar-refractivity contribution in [3.8, 4) is 0 Å². The van der Waals surface area contributed by atoms with Crippen molar-refractivity contribution in [1.82, 2.24) is 9.88 Å². The molecule has 2 aliphatic rings. The van der Waals surface area contributed by atoms with E-state index in [1.807, 2.05) is 17.2 Å². The van der Waals surface area contributed by atoms with E-state index in [9.17, 15) is 4.79 Å². The monoisotopic (exact) mass is 335 g/mol. The zero-order valence-electron chi connectivity index (χ0n) is 14.8. The first-order chi connectivity index (χ1) is 12.2. The van der Waals surface area contributed by atoms with E-state index < -0.39 is 0 Å².